The third-order valence-electron chi connectivity index (χ3n) is 4.81. The molecule has 0 amide bonds. The second-order valence-corrected chi connectivity index (χ2v) is 6.83. The van der Waals surface area contributed by atoms with Crippen molar-refractivity contribution in [2.75, 3.05) is 20.2 Å². The van der Waals surface area contributed by atoms with Gasteiger partial charge in [-0.3, -0.25) is 9.56 Å². The second kappa shape index (κ2) is 12.7. The largest absolute Gasteiger partial charge is 0.376 e. The molecular formula is C20H31IN6O. The number of halogens is 1. The molecule has 0 spiro atoms. The molecule has 0 radical (unpaired) electrons. The maximum atomic E-state index is 6.01. The molecule has 2 N–H and O–H groups in total. The Hall–Kier alpha value is -1.68. The van der Waals surface area contributed by atoms with Gasteiger partial charge >= 0.3 is 0 Å². The highest BCUT2D eigenvalue weighted by atomic mass is 127. The molecule has 0 bridgehead atoms. The van der Waals surface area contributed by atoms with Gasteiger partial charge < -0.3 is 15.4 Å². The molecule has 2 heterocycles. The molecule has 0 aromatic carbocycles. The van der Waals surface area contributed by atoms with Gasteiger partial charge in [-0.25, -0.2) is 9.97 Å². The molecule has 8 heteroatoms. The van der Waals surface area contributed by atoms with Gasteiger partial charge in [0.1, 0.15) is 12.1 Å². The van der Waals surface area contributed by atoms with E-state index in [1.807, 2.05) is 23.0 Å². The quantitative estimate of drug-likeness (QED) is 0.202. The van der Waals surface area contributed by atoms with Crippen LogP contribution in [0.3, 0.4) is 0 Å². The lowest BCUT2D eigenvalue weighted by Crippen LogP contribution is -2.39. The van der Waals surface area contributed by atoms with Crippen molar-refractivity contribution >= 4 is 29.9 Å². The van der Waals surface area contributed by atoms with Gasteiger partial charge in [0, 0.05) is 38.7 Å². The second-order valence-electron chi connectivity index (χ2n) is 6.83. The average Bonchev–Trinajstić information content (AvgIpc) is 3.12. The molecule has 0 atom stereocenters. The Morgan fingerprint density at radius 1 is 1.21 bits per heavy atom. The Balaban J connectivity index is 0.00000280. The van der Waals surface area contributed by atoms with Gasteiger partial charge in [-0.15, -0.1) is 24.0 Å². The van der Waals surface area contributed by atoms with Crippen molar-refractivity contribution in [3.63, 3.8) is 0 Å². The lowest BCUT2D eigenvalue weighted by atomic mass is 10.1. The SMILES string of the molecule is CN=C(NCCOC1CCCCCC1)NCc1ccc(-n2ccnc2)nc1.I. The molecule has 154 valence electrons. The van der Waals surface area contributed by atoms with Crippen LogP contribution in [0.4, 0.5) is 0 Å². The van der Waals surface area contributed by atoms with E-state index in [2.05, 4.69) is 31.7 Å². The van der Waals surface area contributed by atoms with E-state index in [0.717, 1.165) is 23.9 Å². The normalized spacial score (nSPS) is 15.5. The van der Waals surface area contributed by atoms with E-state index in [-0.39, 0.29) is 24.0 Å². The van der Waals surface area contributed by atoms with E-state index in [1.165, 1.54) is 38.5 Å². The molecule has 0 aliphatic heterocycles. The molecule has 1 aliphatic carbocycles. The number of hydrogen-bond donors (Lipinski definition) is 2. The lowest BCUT2D eigenvalue weighted by molar-refractivity contribution is 0.0468. The molecular weight excluding hydrogens is 467 g/mol. The Bertz CT molecular complexity index is 681. The summed E-state index contributed by atoms with van der Waals surface area (Å²) in [6, 6.07) is 4.03. The summed E-state index contributed by atoms with van der Waals surface area (Å²) in [6.07, 6.45) is 15.4. The smallest absolute Gasteiger partial charge is 0.191 e. The summed E-state index contributed by atoms with van der Waals surface area (Å²) < 4.78 is 7.89. The van der Waals surface area contributed by atoms with E-state index >= 15 is 0 Å². The first kappa shape index (κ1) is 22.6. The first-order valence-corrected chi connectivity index (χ1v) is 9.84. The Morgan fingerprint density at radius 2 is 2.04 bits per heavy atom. The molecule has 0 unspecified atom stereocenters. The Morgan fingerprint density at radius 3 is 2.68 bits per heavy atom. The summed E-state index contributed by atoms with van der Waals surface area (Å²) in [4.78, 5) is 12.8. The summed E-state index contributed by atoms with van der Waals surface area (Å²) in [6.45, 7) is 2.14. The molecule has 3 rings (SSSR count). The molecule has 1 saturated carbocycles. The summed E-state index contributed by atoms with van der Waals surface area (Å²) >= 11 is 0. The molecule has 28 heavy (non-hydrogen) atoms. The molecule has 1 fully saturated rings. The monoisotopic (exact) mass is 498 g/mol. The predicted octanol–water partition coefficient (Wildman–Crippen LogP) is 3.29. The van der Waals surface area contributed by atoms with Gasteiger partial charge in [0.25, 0.3) is 0 Å². The van der Waals surface area contributed by atoms with Crippen LogP contribution in [0.5, 0.6) is 0 Å². The van der Waals surface area contributed by atoms with Crippen molar-refractivity contribution in [1.82, 2.24) is 25.2 Å². The topological polar surface area (TPSA) is 76.4 Å². The maximum absolute atomic E-state index is 6.01. The fraction of sp³-hybridized carbons (Fsp3) is 0.550. The number of aromatic nitrogens is 3. The number of nitrogens with one attached hydrogen (secondary N) is 2. The standard InChI is InChI=1S/C20H30N6O.HI/c1-21-20(23-11-13-27-18-6-4-2-3-5-7-18)25-15-17-8-9-19(24-14-17)26-12-10-22-16-26;/h8-10,12,14,16,18H,2-7,11,13,15H2,1H3,(H2,21,23,25);1H. The maximum Gasteiger partial charge on any atom is 0.191 e. The fourth-order valence-electron chi connectivity index (χ4n) is 3.28. The van der Waals surface area contributed by atoms with Crippen LogP contribution < -0.4 is 10.6 Å². The van der Waals surface area contributed by atoms with Gasteiger partial charge in [-0.2, -0.15) is 0 Å². The Kier molecular flexibility index (Phi) is 10.3. The minimum absolute atomic E-state index is 0. The van der Waals surface area contributed by atoms with Gasteiger partial charge in [0.05, 0.1) is 12.7 Å². The minimum atomic E-state index is 0. The van der Waals surface area contributed by atoms with Crippen LogP contribution in [-0.2, 0) is 11.3 Å². The zero-order valence-corrected chi connectivity index (χ0v) is 18.8. The minimum Gasteiger partial charge on any atom is -0.376 e. The number of hydrogen-bond acceptors (Lipinski definition) is 4. The third-order valence-corrected chi connectivity index (χ3v) is 4.81. The molecule has 7 nitrogen and oxygen atoms in total. The highest BCUT2D eigenvalue weighted by molar-refractivity contribution is 14.0. The van der Waals surface area contributed by atoms with Crippen LogP contribution in [0, 0.1) is 0 Å². The van der Waals surface area contributed by atoms with Gasteiger partial charge in [-0.1, -0.05) is 31.7 Å². The number of pyridine rings is 1. The summed E-state index contributed by atoms with van der Waals surface area (Å²) in [7, 11) is 1.78. The molecule has 2 aromatic rings. The first-order chi connectivity index (χ1) is 13.3. The van der Waals surface area contributed by atoms with E-state index in [1.54, 1.807) is 19.6 Å². The Labute approximate surface area is 184 Å². The van der Waals surface area contributed by atoms with Crippen molar-refractivity contribution in [2.45, 2.75) is 51.2 Å². The van der Waals surface area contributed by atoms with Gasteiger partial charge in [0.15, 0.2) is 5.96 Å². The molecule has 0 saturated heterocycles. The first-order valence-electron chi connectivity index (χ1n) is 9.84. The highest BCUT2D eigenvalue weighted by Crippen LogP contribution is 2.19. The van der Waals surface area contributed by atoms with Crippen LogP contribution in [0.2, 0.25) is 0 Å². The van der Waals surface area contributed by atoms with E-state index in [9.17, 15) is 0 Å². The van der Waals surface area contributed by atoms with Crippen LogP contribution in [0.1, 0.15) is 44.1 Å². The third kappa shape index (κ3) is 7.38. The molecule has 1 aliphatic rings. The van der Waals surface area contributed by atoms with Gasteiger partial charge in [-0.05, 0) is 24.5 Å². The lowest BCUT2D eigenvalue weighted by Gasteiger charge is -2.17. The van der Waals surface area contributed by atoms with E-state index in [4.69, 9.17) is 4.74 Å². The number of rotatable bonds is 7. The zero-order chi connectivity index (χ0) is 18.7. The van der Waals surface area contributed by atoms with Crippen LogP contribution >= 0.6 is 24.0 Å². The number of aliphatic imine (C=N–C) groups is 1. The van der Waals surface area contributed by atoms with Crippen LogP contribution in [0.15, 0.2) is 42.0 Å². The predicted molar refractivity (Wildman–Crippen MR) is 122 cm³/mol. The number of guanidine groups is 1. The average molecular weight is 498 g/mol. The van der Waals surface area contributed by atoms with Crippen LogP contribution in [0.25, 0.3) is 5.82 Å². The van der Waals surface area contributed by atoms with Crippen molar-refractivity contribution < 1.29 is 4.74 Å². The number of ether oxygens (including phenoxy) is 1. The van der Waals surface area contributed by atoms with Crippen molar-refractivity contribution in [3.8, 4) is 5.82 Å². The zero-order valence-electron chi connectivity index (χ0n) is 16.5. The number of nitrogens with zero attached hydrogens (tertiary/aromatic N) is 4. The van der Waals surface area contributed by atoms with E-state index in [0.29, 0.717) is 19.3 Å². The van der Waals surface area contributed by atoms with Crippen molar-refractivity contribution in [1.29, 1.82) is 0 Å². The van der Waals surface area contributed by atoms with Crippen molar-refractivity contribution in [3.05, 3.63) is 42.6 Å². The summed E-state index contributed by atoms with van der Waals surface area (Å²) in [5.74, 6) is 1.63. The molecule has 2 aromatic heterocycles. The number of imidazole rings is 1. The fourth-order valence-corrected chi connectivity index (χ4v) is 3.28. The highest BCUT2D eigenvalue weighted by Gasteiger charge is 2.12. The van der Waals surface area contributed by atoms with Gasteiger partial charge in [0.2, 0.25) is 0 Å². The summed E-state index contributed by atoms with van der Waals surface area (Å²) in [5, 5.41) is 6.62. The summed E-state index contributed by atoms with van der Waals surface area (Å²) in [5.41, 5.74) is 1.09. The van der Waals surface area contributed by atoms with Crippen molar-refractivity contribution in [2.24, 2.45) is 4.99 Å². The van der Waals surface area contributed by atoms with Crippen LogP contribution in [-0.4, -0.2) is 46.8 Å². The van der Waals surface area contributed by atoms with E-state index < -0.39 is 0 Å².